The van der Waals surface area contributed by atoms with Gasteiger partial charge in [0.1, 0.15) is 11.5 Å². The van der Waals surface area contributed by atoms with Gasteiger partial charge in [-0.1, -0.05) is 29.8 Å². The number of carbonyl (C=O) groups excluding carboxylic acids is 2. The fraction of sp³-hybridized carbons (Fsp3) is 0.167. The molecule has 0 unspecified atom stereocenters. The largest absolute Gasteiger partial charge is 0.497 e. The van der Waals surface area contributed by atoms with E-state index in [0.29, 0.717) is 22.6 Å². The average molecular weight is 449 g/mol. The van der Waals surface area contributed by atoms with E-state index in [4.69, 9.17) is 9.47 Å². The van der Waals surface area contributed by atoms with Gasteiger partial charge >= 0.3 is 6.03 Å². The van der Waals surface area contributed by atoms with E-state index in [9.17, 15) is 19.7 Å². The first-order valence-electron chi connectivity index (χ1n) is 10.0. The Kier molecular flexibility index (Phi) is 7.24. The number of nitrogens with one attached hydrogen (secondary N) is 2. The van der Waals surface area contributed by atoms with Gasteiger partial charge in [0.25, 0.3) is 11.6 Å². The highest BCUT2D eigenvalue weighted by molar-refractivity contribution is 6.02. The second-order valence-electron chi connectivity index (χ2n) is 7.28. The molecule has 0 aromatic heterocycles. The zero-order valence-electron chi connectivity index (χ0n) is 18.4. The van der Waals surface area contributed by atoms with Crippen LogP contribution in [-0.2, 0) is 4.79 Å². The zero-order valence-corrected chi connectivity index (χ0v) is 18.4. The number of nitrogens with zero attached hydrogens (tertiary/aromatic N) is 1. The summed E-state index contributed by atoms with van der Waals surface area (Å²) in [5, 5.41) is 16.0. The molecule has 3 aromatic rings. The van der Waals surface area contributed by atoms with Crippen LogP contribution in [0.2, 0.25) is 0 Å². The number of amides is 3. The van der Waals surface area contributed by atoms with Gasteiger partial charge in [0.2, 0.25) is 0 Å². The van der Waals surface area contributed by atoms with Crippen LogP contribution < -0.4 is 20.1 Å². The number of methoxy groups -OCH3 is 1. The Bertz CT molecular complexity index is 1190. The first-order chi connectivity index (χ1) is 15.8. The second kappa shape index (κ2) is 10.3. The number of nitro groups is 1. The maximum atomic E-state index is 12.2. The molecule has 9 nitrogen and oxygen atoms in total. The summed E-state index contributed by atoms with van der Waals surface area (Å²) in [7, 11) is 1.53. The van der Waals surface area contributed by atoms with Crippen molar-refractivity contribution >= 4 is 23.3 Å². The number of carbonyl (C=O) groups is 2. The molecular weight excluding hydrogens is 426 g/mol. The lowest BCUT2D eigenvalue weighted by Crippen LogP contribution is -2.37. The van der Waals surface area contributed by atoms with Crippen molar-refractivity contribution in [3.05, 3.63) is 81.9 Å². The number of rotatable bonds is 7. The van der Waals surface area contributed by atoms with Gasteiger partial charge in [-0.25, -0.2) is 4.79 Å². The standard InChI is InChI=1S/C24H23N3O6/c1-15-4-10-21(16(2)12-15)25-24(29)26-23(28)14-33-22-11-7-18(27(30)31)13-20(22)17-5-8-19(32-3)9-6-17/h4-13H,14H2,1-3H3,(H2,25,26,28,29). The van der Waals surface area contributed by atoms with E-state index >= 15 is 0 Å². The van der Waals surface area contributed by atoms with Gasteiger partial charge in [-0.3, -0.25) is 20.2 Å². The number of anilines is 1. The number of non-ortho nitro benzene ring substituents is 1. The lowest BCUT2D eigenvalue weighted by atomic mass is 10.0. The Morgan fingerprint density at radius 1 is 1.00 bits per heavy atom. The Morgan fingerprint density at radius 2 is 1.73 bits per heavy atom. The minimum Gasteiger partial charge on any atom is -0.497 e. The highest BCUT2D eigenvalue weighted by Crippen LogP contribution is 2.34. The van der Waals surface area contributed by atoms with Gasteiger partial charge in [-0.15, -0.1) is 0 Å². The molecule has 3 aromatic carbocycles. The maximum absolute atomic E-state index is 12.2. The smallest absolute Gasteiger partial charge is 0.325 e. The van der Waals surface area contributed by atoms with E-state index in [-0.39, 0.29) is 11.4 Å². The van der Waals surface area contributed by atoms with Crippen molar-refractivity contribution in [2.45, 2.75) is 13.8 Å². The molecule has 0 atom stereocenters. The third-order valence-electron chi connectivity index (χ3n) is 4.82. The van der Waals surface area contributed by atoms with Crippen molar-refractivity contribution in [2.24, 2.45) is 0 Å². The topological polar surface area (TPSA) is 120 Å². The lowest BCUT2D eigenvalue weighted by Gasteiger charge is -2.13. The Hall–Kier alpha value is -4.40. The summed E-state index contributed by atoms with van der Waals surface area (Å²) >= 11 is 0. The molecule has 0 spiro atoms. The quantitative estimate of drug-likeness (QED) is 0.401. The second-order valence-corrected chi connectivity index (χ2v) is 7.28. The number of hydrogen-bond acceptors (Lipinski definition) is 6. The first-order valence-corrected chi connectivity index (χ1v) is 10.0. The molecular formula is C24H23N3O6. The lowest BCUT2D eigenvalue weighted by molar-refractivity contribution is -0.384. The van der Waals surface area contributed by atoms with E-state index in [2.05, 4.69) is 10.6 Å². The van der Waals surface area contributed by atoms with Crippen molar-refractivity contribution < 1.29 is 24.0 Å². The molecule has 3 rings (SSSR count). The zero-order chi connectivity index (χ0) is 24.0. The SMILES string of the molecule is COc1ccc(-c2cc([N+](=O)[O-])ccc2OCC(=O)NC(=O)Nc2ccc(C)cc2C)cc1. The van der Waals surface area contributed by atoms with Gasteiger partial charge < -0.3 is 14.8 Å². The van der Waals surface area contributed by atoms with E-state index < -0.39 is 23.5 Å². The number of ether oxygens (including phenoxy) is 2. The summed E-state index contributed by atoms with van der Waals surface area (Å²) < 4.78 is 10.7. The fourth-order valence-corrected chi connectivity index (χ4v) is 3.17. The molecule has 0 bridgehead atoms. The van der Waals surface area contributed by atoms with E-state index in [0.717, 1.165) is 11.1 Å². The molecule has 3 amide bonds. The molecule has 170 valence electrons. The van der Waals surface area contributed by atoms with Crippen LogP contribution >= 0.6 is 0 Å². The summed E-state index contributed by atoms with van der Waals surface area (Å²) in [5.41, 5.74) is 3.46. The normalized spacial score (nSPS) is 10.3. The van der Waals surface area contributed by atoms with Crippen LogP contribution in [0.3, 0.4) is 0 Å². The van der Waals surface area contributed by atoms with Crippen LogP contribution in [0.1, 0.15) is 11.1 Å². The van der Waals surface area contributed by atoms with E-state index in [1.807, 2.05) is 26.0 Å². The molecule has 0 aliphatic carbocycles. The minimum atomic E-state index is -0.686. The highest BCUT2D eigenvalue weighted by Gasteiger charge is 2.16. The van der Waals surface area contributed by atoms with Gasteiger partial charge in [0.05, 0.1) is 12.0 Å². The van der Waals surface area contributed by atoms with Crippen molar-refractivity contribution in [3.8, 4) is 22.6 Å². The number of urea groups is 1. The van der Waals surface area contributed by atoms with Crippen molar-refractivity contribution in [1.82, 2.24) is 5.32 Å². The highest BCUT2D eigenvalue weighted by atomic mass is 16.6. The van der Waals surface area contributed by atoms with Gasteiger partial charge in [0, 0.05) is 23.4 Å². The Labute approximate surface area is 190 Å². The number of benzene rings is 3. The molecule has 0 heterocycles. The molecule has 0 saturated carbocycles. The van der Waals surface area contributed by atoms with Gasteiger partial charge in [0.15, 0.2) is 6.61 Å². The van der Waals surface area contributed by atoms with Crippen LogP contribution in [-0.4, -0.2) is 30.6 Å². The van der Waals surface area contributed by atoms with Crippen molar-refractivity contribution in [3.63, 3.8) is 0 Å². The number of hydrogen-bond donors (Lipinski definition) is 2. The monoisotopic (exact) mass is 449 g/mol. The fourth-order valence-electron chi connectivity index (χ4n) is 3.17. The third-order valence-corrected chi connectivity index (χ3v) is 4.82. The summed E-state index contributed by atoms with van der Waals surface area (Å²) in [5.74, 6) is 0.216. The number of imide groups is 1. The van der Waals surface area contributed by atoms with Crippen LogP contribution in [0.4, 0.5) is 16.2 Å². The predicted octanol–water partition coefficient (Wildman–Crippen LogP) is 4.61. The molecule has 0 fully saturated rings. The Balaban J connectivity index is 1.69. The average Bonchev–Trinajstić information content (AvgIpc) is 2.79. The van der Waals surface area contributed by atoms with Crippen molar-refractivity contribution in [1.29, 1.82) is 0 Å². The van der Waals surface area contributed by atoms with Crippen LogP contribution in [0.5, 0.6) is 11.5 Å². The summed E-state index contributed by atoms with van der Waals surface area (Å²) in [6.45, 7) is 3.33. The third kappa shape index (κ3) is 6.07. The van der Waals surface area contributed by atoms with E-state index in [1.54, 1.807) is 30.3 Å². The number of aryl methyl sites for hydroxylation is 2. The first kappa shape index (κ1) is 23.3. The molecule has 0 radical (unpaired) electrons. The van der Waals surface area contributed by atoms with Crippen molar-refractivity contribution in [2.75, 3.05) is 19.0 Å². The predicted molar refractivity (Wildman–Crippen MR) is 124 cm³/mol. The number of nitro benzene ring substituents is 1. The minimum absolute atomic E-state index is 0.120. The molecule has 0 saturated heterocycles. The summed E-state index contributed by atoms with van der Waals surface area (Å²) in [4.78, 5) is 35.1. The van der Waals surface area contributed by atoms with Gasteiger partial charge in [-0.05, 0) is 49.2 Å². The molecule has 0 aliphatic heterocycles. The molecule has 33 heavy (non-hydrogen) atoms. The van der Waals surface area contributed by atoms with E-state index in [1.165, 1.54) is 25.3 Å². The molecule has 0 aliphatic rings. The molecule has 2 N–H and O–H groups in total. The molecule has 9 heteroatoms. The van der Waals surface area contributed by atoms with Crippen LogP contribution in [0.15, 0.2) is 60.7 Å². The van der Waals surface area contributed by atoms with Gasteiger partial charge in [-0.2, -0.15) is 0 Å². The Morgan fingerprint density at radius 3 is 2.36 bits per heavy atom. The summed E-state index contributed by atoms with van der Waals surface area (Å²) in [6, 6.07) is 15.8. The maximum Gasteiger partial charge on any atom is 0.325 e. The van der Waals surface area contributed by atoms with Crippen LogP contribution in [0, 0.1) is 24.0 Å². The van der Waals surface area contributed by atoms with Crippen LogP contribution in [0.25, 0.3) is 11.1 Å². The summed E-state index contributed by atoms with van der Waals surface area (Å²) in [6.07, 6.45) is 0.